The first-order chi connectivity index (χ1) is 23.0. The topological polar surface area (TPSA) is 109 Å². The van der Waals surface area contributed by atoms with E-state index < -0.39 is 35.9 Å². The second-order valence-corrected chi connectivity index (χ2v) is 14.4. The van der Waals surface area contributed by atoms with E-state index in [9.17, 15) is 14.7 Å². The van der Waals surface area contributed by atoms with Gasteiger partial charge in [0, 0.05) is 24.6 Å². The predicted octanol–water partition coefficient (Wildman–Crippen LogP) is 6.27. The van der Waals surface area contributed by atoms with Crippen LogP contribution in [0, 0.1) is 0 Å². The van der Waals surface area contributed by atoms with Crippen molar-refractivity contribution in [3.63, 3.8) is 0 Å². The number of rotatable bonds is 9. The van der Waals surface area contributed by atoms with Gasteiger partial charge >= 0.3 is 6.09 Å². The van der Waals surface area contributed by atoms with Crippen LogP contribution in [0.15, 0.2) is 72.8 Å². The monoisotopic (exact) mass is 655 g/mol. The van der Waals surface area contributed by atoms with Gasteiger partial charge in [-0.05, 0) is 88.6 Å². The van der Waals surface area contributed by atoms with Gasteiger partial charge in [-0.3, -0.25) is 9.69 Å². The van der Waals surface area contributed by atoms with Crippen LogP contribution in [0.1, 0.15) is 82.5 Å². The third-order valence-electron chi connectivity index (χ3n) is 9.62. The van der Waals surface area contributed by atoms with Crippen LogP contribution < -0.4 is 25.0 Å². The second-order valence-electron chi connectivity index (χ2n) is 14.4. The molecule has 3 aromatic carbocycles. The lowest BCUT2D eigenvalue weighted by atomic mass is 9.85. The maximum atomic E-state index is 13.9. The van der Waals surface area contributed by atoms with Crippen molar-refractivity contribution in [2.45, 2.75) is 108 Å². The largest absolute Gasteiger partial charge is 0.487 e. The zero-order valence-electron chi connectivity index (χ0n) is 28.5. The highest BCUT2D eigenvalue weighted by Gasteiger charge is 2.43. The molecule has 0 aromatic heterocycles. The Balaban J connectivity index is 1.20. The lowest BCUT2D eigenvalue weighted by Gasteiger charge is -2.41. The molecule has 3 aromatic rings. The smallest absolute Gasteiger partial charge is 0.415 e. The first-order valence-electron chi connectivity index (χ1n) is 17.4. The number of amides is 2. The summed E-state index contributed by atoms with van der Waals surface area (Å²) in [5.41, 5.74) is 3.01. The third kappa shape index (κ3) is 7.79. The number of aryl methyl sites for hydroxylation is 1. The van der Waals surface area contributed by atoms with E-state index in [0.717, 1.165) is 55.4 Å². The van der Waals surface area contributed by atoms with E-state index in [1.54, 1.807) is 39.0 Å². The molecule has 1 fully saturated rings. The van der Waals surface area contributed by atoms with Gasteiger partial charge in [0.2, 0.25) is 0 Å². The standard InChI is InChI=1S/C39H49N3O6/c1-5-26-17-18-33-28(21-26)30(23-39(47-33)19-11-12-20-39)40-24-32(43)29(22-27-13-7-6-8-14-27)41-36(44)35-25-42(37(45)48-38(2,3)4)31-15-9-10-16-34(31)46-35/h6-10,13-18,21,29-30,32,35,40,43H,5,11-12,19-20,22-25H2,1-4H3,(H,41,44). The molecular weight excluding hydrogens is 606 g/mol. The minimum Gasteiger partial charge on any atom is -0.487 e. The molecule has 256 valence electrons. The summed E-state index contributed by atoms with van der Waals surface area (Å²) in [6, 6.07) is 22.8. The lowest BCUT2D eigenvalue weighted by Crippen LogP contribution is -2.56. The fraction of sp³-hybridized carbons (Fsp3) is 0.487. The maximum Gasteiger partial charge on any atom is 0.415 e. The lowest BCUT2D eigenvalue weighted by molar-refractivity contribution is -0.129. The summed E-state index contributed by atoms with van der Waals surface area (Å²) < 4.78 is 18.4. The molecule has 3 aliphatic rings. The Morgan fingerprint density at radius 3 is 2.46 bits per heavy atom. The molecule has 0 radical (unpaired) electrons. The van der Waals surface area contributed by atoms with Gasteiger partial charge in [0.15, 0.2) is 6.10 Å². The van der Waals surface area contributed by atoms with E-state index in [-0.39, 0.29) is 24.7 Å². The normalized spacial score (nSPS) is 20.9. The Bertz CT molecular complexity index is 1580. The molecular formula is C39H49N3O6. The van der Waals surface area contributed by atoms with Crippen LogP contribution in [-0.2, 0) is 22.4 Å². The molecule has 2 amide bonds. The first-order valence-corrected chi connectivity index (χ1v) is 17.4. The first kappa shape index (κ1) is 33.8. The van der Waals surface area contributed by atoms with Crippen molar-refractivity contribution in [1.82, 2.24) is 10.6 Å². The number of carbonyl (C=O) groups is 2. The van der Waals surface area contributed by atoms with Crippen LogP contribution in [0.25, 0.3) is 0 Å². The minimum atomic E-state index is -0.997. The number of anilines is 1. The molecule has 0 saturated heterocycles. The summed E-state index contributed by atoms with van der Waals surface area (Å²) in [6.07, 6.45) is 4.09. The van der Waals surface area contributed by atoms with E-state index in [1.165, 1.54) is 10.5 Å². The third-order valence-corrected chi connectivity index (χ3v) is 9.62. The van der Waals surface area contributed by atoms with E-state index in [1.807, 2.05) is 36.4 Å². The number of nitrogens with zero attached hydrogens (tertiary/aromatic N) is 1. The van der Waals surface area contributed by atoms with E-state index in [2.05, 4.69) is 35.8 Å². The molecule has 4 unspecified atom stereocenters. The van der Waals surface area contributed by atoms with Crippen molar-refractivity contribution in [3.8, 4) is 11.5 Å². The van der Waals surface area contributed by atoms with Gasteiger partial charge in [-0.1, -0.05) is 61.5 Å². The quantitative estimate of drug-likeness (QED) is 0.250. The van der Waals surface area contributed by atoms with Gasteiger partial charge in [-0.15, -0.1) is 0 Å². The summed E-state index contributed by atoms with van der Waals surface area (Å²) in [7, 11) is 0. The molecule has 1 saturated carbocycles. The fourth-order valence-corrected chi connectivity index (χ4v) is 7.14. The minimum absolute atomic E-state index is 0.0154. The molecule has 48 heavy (non-hydrogen) atoms. The van der Waals surface area contributed by atoms with Crippen molar-refractivity contribution in [2.24, 2.45) is 0 Å². The average Bonchev–Trinajstić information content (AvgIpc) is 3.52. The Labute approximate surface area is 284 Å². The number of aliphatic hydroxyl groups excluding tert-OH is 1. The van der Waals surface area contributed by atoms with Crippen LogP contribution >= 0.6 is 0 Å². The highest BCUT2D eigenvalue weighted by atomic mass is 16.6. The van der Waals surface area contributed by atoms with Gasteiger partial charge in [0.1, 0.15) is 22.7 Å². The Morgan fingerprint density at radius 1 is 1.00 bits per heavy atom. The summed E-state index contributed by atoms with van der Waals surface area (Å²) in [5.74, 6) is 0.930. The van der Waals surface area contributed by atoms with Crippen molar-refractivity contribution < 1.29 is 28.9 Å². The number of carbonyl (C=O) groups excluding carboxylic acids is 2. The van der Waals surface area contributed by atoms with Gasteiger partial charge in [0.25, 0.3) is 5.91 Å². The molecule has 4 atom stereocenters. The molecule has 3 N–H and O–H groups in total. The van der Waals surface area contributed by atoms with Gasteiger partial charge in [0.05, 0.1) is 24.4 Å². The molecule has 2 heterocycles. The summed E-state index contributed by atoms with van der Waals surface area (Å²) in [5, 5.41) is 18.5. The Hall–Kier alpha value is -4.08. The molecule has 0 bridgehead atoms. The number of nitrogens with one attached hydrogen (secondary N) is 2. The second kappa shape index (κ2) is 14.2. The summed E-state index contributed by atoms with van der Waals surface area (Å²) in [6.45, 7) is 7.81. The van der Waals surface area contributed by atoms with Gasteiger partial charge in [-0.2, -0.15) is 0 Å². The molecule has 9 nitrogen and oxygen atoms in total. The van der Waals surface area contributed by atoms with Crippen molar-refractivity contribution >= 4 is 17.7 Å². The zero-order chi connectivity index (χ0) is 33.9. The van der Waals surface area contributed by atoms with Crippen LogP contribution in [0.4, 0.5) is 10.5 Å². The van der Waals surface area contributed by atoms with E-state index in [0.29, 0.717) is 17.9 Å². The summed E-state index contributed by atoms with van der Waals surface area (Å²) in [4.78, 5) is 28.6. The Kier molecular flexibility index (Phi) is 9.99. The summed E-state index contributed by atoms with van der Waals surface area (Å²) >= 11 is 0. The maximum absolute atomic E-state index is 13.9. The van der Waals surface area contributed by atoms with Crippen molar-refractivity contribution in [3.05, 3.63) is 89.5 Å². The van der Waals surface area contributed by atoms with Crippen LogP contribution in [0.3, 0.4) is 0 Å². The number of hydrogen-bond acceptors (Lipinski definition) is 7. The fourth-order valence-electron chi connectivity index (χ4n) is 7.14. The van der Waals surface area contributed by atoms with Crippen molar-refractivity contribution in [1.29, 1.82) is 0 Å². The molecule has 1 aliphatic carbocycles. The molecule has 1 spiro atoms. The molecule has 6 rings (SSSR count). The van der Waals surface area contributed by atoms with E-state index in [4.69, 9.17) is 14.2 Å². The molecule has 9 heteroatoms. The van der Waals surface area contributed by atoms with E-state index >= 15 is 0 Å². The van der Waals surface area contributed by atoms with Gasteiger partial charge < -0.3 is 30.0 Å². The molecule has 2 aliphatic heterocycles. The number of fused-ring (bicyclic) bond motifs is 2. The number of para-hydroxylation sites is 2. The number of aliphatic hydroxyl groups is 1. The highest BCUT2D eigenvalue weighted by Crippen LogP contribution is 2.47. The number of ether oxygens (including phenoxy) is 3. The average molecular weight is 656 g/mol. The number of hydrogen-bond donors (Lipinski definition) is 3. The zero-order valence-corrected chi connectivity index (χ0v) is 28.5. The van der Waals surface area contributed by atoms with Crippen LogP contribution in [0.5, 0.6) is 11.5 Å². The van der Waals surface area contributed by atoms with Crippen molar-refractivity contribution in [2.75, 3.05) is 18.0 Å². The Morgan fingerprint density at radius 2 is 1.73 bits per heavy atom. The SMILES string of the molecule is CCc1ccc2c(c1)C(NCC(O)C(Cc1ccccc1)NC(=O)C1CN(C(=O)OC(C)(C)C)c3ccccc3O1)CC1(CCCC1)O2. The van der Waals surface area contributed by atoms with Crippen LogP contribution in [-0.4, -0.2) is 59.6 Å². The number of benzene rings is 3. The van der Waals surface area contributed by atoms with Crippen LogP contribution in [0.2, 0.25) is 0 Å². The van der Waals surface area contributed by atoms with Gasteiger partial charge in [-0.25, -0.2) is 4.79 Å². The predicted molar refractivity (Wildman–Crippen MR) is 186 cm³/mol. The highest BCUT2D eigenvalue weighted by molar-refractivity contribution is 5.93.